The molecule has 0 aliphatic carbocycles. The summed E-state index contributed by atoms with van der Waals surface area (Å²) in [6.45, 7) is 3.76. The zero-order valence-electron chi connectivity index (χ0n) is 13.0. The van der Waals surface area contributed by atoms with Gasteiger partial charge in [0.05, 0.1) is 16.9 Å². The average Bonchev–Trinajstić information content (AvgIpc) is 2.84. The van der Waals surface area contributed by atoms with Crippen LogP contribution in [0.1, 0.15) is 27.3 Å². The van der Waals surface area contributed by atoms with E-state index in [0.717, 1.165) is 11.2 Å². The van der Waals surface area contributed by atoms with Crippen molar-refractivity contribution in [1.29, 1.82) is 0 Å². The van der Waals surface area contributed by atoms with Gasteiger partial charge in [-0.05, 0) is 43.7 Å². The number of hydrogen-bond acceptors (Lipinski definition) is 3. The molecule has 3 aromatic rings. The second kappa shape index (κ2) is 6.63. The molecule has 0 bridgehead atoms. The Labute approximate surface area is 148 Å². The monoisotopic (exact) mass is 360 g/mol. The molecular formula is C17H14Cl2N4O. The maximum Gasteiger partial charge on any atom is 0.290 e. The van der Waals surface area contributed by atoms with Crippen molar-refractivity contribution in [2.75, 3.05) is 0 Å². The minimum absolute atomic E-state index is 0.342. The highest BCUT2D eigenvalue weighted by atomic mass is 35.5. The number of halogens is 2. The van der Waals surface area contributed by atoms with Crippen LogP contribution < -0.4 is 5.43 Å². The largest absolute Gasteiger partial charge is 0.295 e. The highest BCUT2D eigenvalue weighted by Crippen LogP contribution is 2.19. The number of carbonyl (C=O) groups excluding carboxylic acids is 1. The molecule has 7 heteroatoms. The molecule has 0 aliphatic rings. The molecule has 0 fully saturated rings. The van der Waals surface area contributed by atoms with Crippen LogP contribution in [0, 0.1) is 13.8 Å². The van der Waals surface area contributed by atoms with Gasteiger partial charge in [0.1, 0.15) is 11.3 Å². The summed E-state index contributed by atoms with van der Waals surface area (Å²) in [7, 11) is 0. The molecule has 0 unspecified atom stereocenters. The number of fused-ring (bicyclic) bond motifs is 1. The molecule has 3 rings (SSSR count). The minimum Gasteiger partial charge on any atom is -0.295 e. The van der Waals surface area contributed by atoms with E-state index in [1.807, 2.05) is 25.3 Å². The van der Waals surface area contributed by atoms with Crippen LogP contribution in [0.2, 0.25) is 10.0 Å². The fraction of sp³-hybridized carbons (Fsp3) is 0.118. The van der Waals surface area contributed by atoms with Crippen molar-refractivity contribution in [3.8, 4) is 0 Å². The highest BCUT2D eigenvalue weighted by molar-refractivity contribution is 6.36. The van der Waals surface area contributed by atoms with Gasteiger partial charge in [-0.1, -0.05) is 29.3 Å². The number of aromatic nitrogens is 2. The number of aryl methyl sites for hydroxylation is 2. The van der Waals surface area contributed by atoms with Crippen molar-refractivity contribution in [2.45, 2.75) is 13.8 Å². The lowest BCUT2D eigenvalue weighted by atomic mass is 10.2. The third-order valence-corrected chi connectivity index (χ3v) is 4.07. The maximum absolute atomic E-state index is 12.4. The third-order valence-electron chi connectivity index (χ3n) is 3.50. The summed E-state index contributed by atoms with van der Waals surface area (Å²) in [5.41, 5.74) is 6.05. The summed E-state index contributed by atoms with van der Waals surface area (Å²) >= 11 is 11.9. The molecule has 0 saturated carbocycles. The zero-order valence-corrected chi connectivity index (χ0v) is 14.6. The molecule has 1 aromatic carbocycles. The second-order valence-electron chi connectivity index (χ2n) is 5.34. The molecule has 0 aliphatic heterocycles. The first-order valence-corrected chi connectivity index (χ1v) is 7.95. The van der Waals surface area contributed by atoms with Crippen LogP contribution >= 0.6 is 23.2 Å². The number of amides is 1. The van der Waals surface area contributed by atoms with Gasteiger partial charge in [-0.2, -0.15) is 5.10 Å². The number of nitrogens with one attached hydrogen (secondary N) is 1. The summed E-state index contributed by atoms with van der Waals surface area (Å²) in [5, 5.41) is 4.96. The number of hydrazone groups is 1. The SMILES string of the molecule is Cc1ccn2c(C(=O)N/N=C\c3ccc(Cl)cc3Cl)c(C)nc2c1. The molecule has 5 nitrogen and oxygen atoms in total. The van der Waals surface area contributed by atoms with Crippen LogP contribution in [0.3, 0.4) is 0 Å². The molecule has 2 aromatic heterocycles. The Kier molecular flexibility index (Phi) is 4.55. The molecule has 122 valence electrons. The zero-order chi connectivity index (χ0) is 17.3. The van der Waals surface area contributed by atoms with E-state index in [1.54, 1.807) is 29.5 Å². The number of hydrogen-bond donors (Lipinski definition) is 1. The standard InChI is InChI=1S/C17H14Cl2N4O/c1-10-5-6-23-15(7-10)21-11(2)16(23)17(24)22-20-9-12-3-4-13(18)8-14(12)19/h3-9H,1-2H3,(H,22,24)/b20-9-. The Hall–Kier alpha value is -2.37. The van der Waals surface area contributed by atoms with E-state index in [2.05, 4.69) is 15.5 Å². The van der Waals surface area contributed by atoms with Gasteiger partial charge in [-0.3, -0.25) is 9.20 Å². The van der Waals surface area contributed by atoms with Gasteiger partial charge in [-0.25, -0.2) is 10.4 Å². The molecule has 0 saturated heterocycles. The predicted molar refractivity (Wildman–Crippen MR) is 96.2 cm³/mol. The van der Waals surface area contributed by atoms with Crippen molar-refractivity contribution in [3.63, 3.8) is 0 Å². The summed E-state index contributed by atoms with van der Waals surface area (Å²) in [6.07, 6.45) is 3.29. The molecule has 2 heterocycles. The number of benzene rings is 1. The van der Waals surface area contributed by atoms with Crippen molar-refractivity contribution in [2.24, 2.45) is 5.10 Å². The quantitative estimate of drug-likeness (QED) is 0.566. The van der Waals surface area contributed by atoms with E-state index >= 15 is 0 Å². The predicted octanol–water partition coefficient (Wildman–Crippen LogP) is 4.02. The highest BCUT2D eigenvalue weighted by Gasteiger charge is 2.16. The third kappa shape index (κ3) is 3.27. The lowest BCUT2D eigenvalue weighted by molar-refractivity contribution is 0.0948. The molecular weight excluding hydrogens is 347 g/mol. The van der Waals surface area contributed by atoms with Crippen molar-refractivity contribution < 1.29 is 4.79 Å². The average molecular weight is 361 g/mol. The van der Waals surface area contributed by atoms with Crippen molar-refractivity contribution >= 4 is 41.0 Å². The second-order valence-corrected chi connectivity index (χ2v) is 6.19. The first-order valence-electron chi connectivity index (χ1n) is 7.19. The Morgan fingerprint density at radius 3 is 2.79 bits per heavy atom. The lowest BCUT2D eigenvalue weighted by Gasteiger charge is -2.02. The summed E-state index contributed by atoms with van der Waals surface area (Å²) in [4.78, 5) is 16.8. The summed E-state index contributed by atoms with van der Waals surface area (Å²) in [5.74, 6) is -0.342. The van der Waals surface area contributed by atoms with E-state index < -0.39 is 0 Å². The first-order chi connectivity index (χ1) is 11.5. The van der Waals surface area contributed by atoms with Gasteiger partial charge in [0.2, 0.25) is 0 Å². The number of pyridine rings is 1. The number of nitrogens with zero attached hydrogens (tertiary/aromatic N) is 3. The molecule has 0 atom stereocenters. The van der Waals surface area contributed by atoms with E-state index in [0.29, 0.717) is 27.0 Å². The topological polar surface area (TPSA) is 58.8 Å². The van der Waals surface area contributed by atoms with E-state index in [4.69, 9.17) is 23.2 Å². The number of rotatable bonds is 3. The van der Waals surface area contributed by atoms with Crippen LogP contribution in [0.15, 0.2) is 41.6 Å². The lowest BCUT2D eigenvalue weighted by Crippen LogP contribution is -2.20. The van der Waals surface area contributed by atoms with Gasteiger partial charge in [0, 0.05) is 16.8 Å². The van der Waals surface area contributed by atoms with Crippen molar-refractivity contribution in [1.82, 2.24) is 14.8 Å². The van der Waals surface area contributed by atoms with Crippen LogP contribution in [0.25, 0.3) is 5.65 Å². The first kappa shape index (κ1) is 16.5. The minimum atomic E-state index is -0.342. The van der Waals surface area contributed by atoms with Gasteiger partial charge >= 0.3 is 0 Å². The van der Waals surface area contributed by atoms with Crippen LogP contribution in [0.4, 0.5) is 0 Å². The summed E-state index contributed by atoms with van der Waals surface area (Å²) < 4.78 is 1.74. The van der Waals surface area contributed by atoms with Gasteiger partial charge in [0.25, 0.3) is 5.91 Å². The Morgan fingerprint density at radius 2 is 2.04 bits per heavy atom. The van der Waals surface area contributed by atoms with Crippen LogP contribution in [-0.2, 0) is 0 Å². The van der Waals surface area contributed by atoms with Crippen LogP contribution in [-0.4, -0.2) is 21.5 Å². The Bertz CT molecular complexity index is 963. The molecule has 1 amide bonds. The fourth-order valence-corrected chi connectivity index (χ4v) is 2.81. The number of imidazole rings is 1. The Balaban J connectivity index is 1.83. The van der Waals surface area contributed by atoms with Crippen LogP contribution in [0.5, 0.6) is 0 Å². The molecule has 24 heavy (non-hydrogen) atoms. The maximum atomic E-state index is 12.4. The van der Waals surface area contributed by atoms with Crippen molar-refractivity contribution in [3.05, 3.63) is 69.1 Å². The van der Waals surface area contributed by atoms with Gasteiger partial charge in [0.15, 0.2) is 0 Å². The van der Waals surface area contributed by atoms with E-state index in [1.165, 1.54) is 6.21 Å². The fourth-order valence-electron chi connectivity index (χ4n) is 2.36. The molecule has 0 radical (unpaired) electrons. The smallest absolute Gasteiger partial charge is 0.290 e. The van der Waals surface area contributed by atoms with Gasteiger partial charge in [-0.15, -0.1) is 0 Å². The molecule has 0 spiro atoms. The number of carbonyl (C=O) groups is 1. The van der Waals surface area contributed by atoms with E-state index in [-0.39, 0.29) is 5.91 Å². The van der Waals surface area contributed by atoms with E-state index in [9.17, 15) is 4.79 Å². The Morgan fingerprint density at radius 1 is 1.25 bits per heavy atom. The van der Waals surface area contributed by atoms with Gasteiger partial charge < -0.3 is 0 Å². The summed E-state index contributed by atoms with van der Waals surface area (Å²) in [6, 6.07) is 8.88. The normalized spacial score (nSPS) is 11.3. The molecule has 1 N–H and O–H groups in total.